The van der Waals surface area contributed by atoms with Crippen molar-refractivity contribution in [3.63, 3.8) is 0 Å². The van der Waals surface area contributed by atoms with Crippen LogP contribution in [-0.4, -0.2) is 0 Å². The first kappa shape index (κ1) is 8.31. The molecule has 0 radical (unpaired) electrons. The van der Waals surface area contributed by atoms with E-state index in [0.717, 1.165) is 0 Å². The van der Waals surface area contributed by atoms with Crippen molar-refractivity contribution >= 4 is 11.6 Å². The van der Waals surface area contributed by atoms with E-state index in [1.165, 1.54) is 0 Å². The number of hydrogen-bond donors (Lipinski definition) is 1. The zero-order valence-electron chi connectivity index (χ0n) is 5.39. The van der Waals surface area contributed by atoms with Crippen LogP contribution in [0, 0.1) is 0 Å². The molecule has 0 rings (SSSR count). The van der Waals surface area contributed by atoms with Crippen LogP contribution in [0.5, 0.6) is 0 Å². The molecule has 1 nitrogen and oxygen atoms in total. The van der Waals surface area contributed by atoms with Crippen molar-refractivity contribution < 1.29 is 0 Å². The molecule has 0 aliphatic heterocycles. The fourth-order valence-corrected chi connectivity index (χ4v) is 0.639. The van der Waals surface area contributed by atoms with E-state index in [1.807, 2.05) is 0 Å². The maximum atomic E-state index is 5.61. The second-order valence-electron chi connectivity index (χ2n) is 1.68. The average molecular weight is 144 g/mol. The maximum absolute atomic E-state index is 5.61. The Hall–Kier alpha value is -0.690. The van der Waals surface area contributed by atoms with E-state index in [1.54, 1.807) is 25.2 Å². The summed E-state index contributed by atoms with van der Waals surface area (Å²) < 4.78 is 0. The third kappa shape index (κ3) is 5.18. The first-order chi connectivity index (χ1) is 4.16. The standard InChI is InChI=1S/C7H10ClN/c1-3-4-7(8)5-6(2)9/h3-5H,1,9H2,2H3/b6-5+,7-4+. The lowest BCUT2D eigenvalue weighted by Gasteiger charge is -1.87. The molecule has 0 aromatic heterocycles. The largest absolute Gasteiger partial charge is 0.402 e. The summed E-state index contributed by atoms with van der Waals surface area (Å²) in [5, 5.41) is 0.602. The highest BCUT2D eigenvalue weighted by Gasteiger charge is 1.81. The molecule has 0 saturated heterocycles. The van der Waals surface area contributed by atoms with Crippen molar-refractivity contribution in [3.05, 3.63) is 35.5 Å². The summed E-state index contributed by atoms with van der Waals surface area (Å²) >= 11 is 5.61. The Morgan fingerprint density at radius 2 is 2.22 bits per heavy atom. The van der Waals surface area contributed by atoms with Gasteiger partial charge in [0.15, 0.2) is 0 Å². The van der Waals surface area contributed by atoms with E-state index in [-0.39, 0.29) is 0 Å². The Labute approximate surface area is 60.5 Å². The Morgan fingerprint density at radius 3 is 2.56 bits per heavy atom. The van der Waals surface area contributed by atoms with E-state index in [0.29, 0.717) is 10.7 Å². The van der Waals surface area contributed by atoms with E-state index in [4.69, 9.17) is 17.3 Å². The molecule has 2 N–H and O–H groups in total. The van der Waals surface area contributed by atoms with E-state index in [2.05, 4.69) is 6.58 Å². The lowest BCUT2D eigenvalue weighted by atomic mass is 10.4. The van der Waals surface area contributed by atoms with Crippen molar-refractivity contribution in [2.75, 3.05) is 0 Å². The molecule has 0 spiro atoms. The zero-order valence-corrected chi connectivity index (χ0v) is 6.15. The number of allylic oxidation sites excluding steroid dienone is 5. The normalized spacial score (nSPS) is 13.6. The molecule has 0 atom stereocenters. The minimum atomic E-state index is 0.602. The maximum Gasteiger partial charge on any atom is 0.0422 e. The number of rotatable bonds is 2. The van der Waals surface area contributed by atoms with Crippen molar-refractivity contribution in [1.29, 1.82) is 0 Å². The molecule has 0 amide bonds. The van der Waals surface area contributed by atoms with Gasteiger partial charge in [-0.05, 0) is 19.1 Å². The van der Waals surface area contributed by atoms with E-state index >= 15 is 0 Å². The molecule has 0 unspecified atom stereocenters. The number of hydrogen-bond acceptors (Lipinski definition) is 1. The molecular weight excluding hydrogens is 134 g/mol. The van der Waals surface area contributed by atoms with Crippen LogP contribution in [0.2, 0.25) is 0 Å². The van der Waals surface area contributed by atoms with Gasteiger partial charge in [-0.15, -0.1) is 0 Å². The van der Waals surface area contributed by atoms with Crippen molar-refractivity contribution in [1.82, 2.24) is 0 Å². The molecule has 9 heavy (non-hydrogen) atoms. The molecule has 0 aromatic carbocycles. The molecule has 0 fully saturated rings. The lowest BCUT2D eigenvalue weighted by molar-refractivity contribution is 1.31. The molecular formula is C7H10ClN. The highest BCUT2D eigenvalue weighted by molar-refractivity contribution is 6.31. The minimum Gasteiger partial charge on any atom is -0.402 e. The molecule has 0 heterocycles. The van der Waals surface area contributed by atoms with Gasteiger partial charge < -0.3 is 5.73 Å². The van der Waals surface area contributed by atoms with Crippen molar-refractivity contribution in [2.45, 2.75) is 6.92 Å². The molecule has 0 aromatic rings. The Morgan fingerprint density at radius 1 is 1.67 bits per heavy atom. The van der Waals surface area contributed by atoms with Gasteiger partial charge in [-0.3, -0.25) is 0 Å². The van der Waals surface area contributed by atoms with Crippen LogP contribution in [-0.2, 0) is 0 Å². The van der Waals surface area contributed by atoms with Crippen LogP contribution in [0.25, 0.3) is 0 Å². The van der Waals surface area contributed by atoms with Gasteiger partial charge >= 0.3 is 0 Å². The first-order valence-corrected chi connectivity index (χ1v) is 2.96. The van der Waals surface area contributed by atoms with Crippen LogP contribution < -0.4 is 5.73 Å². The smallest absolute Gasteiger partial charge is 0.0422 e. The van der Waals surface area contributed by atoms with Crippen LogP contribution in [0.1, 0.15) is 6.92 Å². The highest BCUT2D eigenvalue weighted by Crippen LogP contribution is 2.03. The van der Waals surface area contributed by atoms with Crippen molar-refractivity contribution in [2.24, 2.45) is 5.73 Å². The predicted octanol–water partition coefficient (Wildman–Crippen LogP) is 2.16. The van der Waals surface area contributed by atoms with Gasteiger partial charge in [0, 0.05) is 10.7 Å². The second-order valence-corrected chi connectivity index (χ2v) is 2.11. The lowest BCUT2D eigenvalue weighted by Crippen LogP contribution is -1.88. The molecule has 0 aliphatic carbocycles. The summed E-state index contributed by atoms with van der Waals surface area (Å²) in [4.78, 5) is 0. The van der Waals surface area contributed by atoms with Gasteiger partial charge in [-0.2, -0.15) is 0 Å². The van der Waals surface area contributed by atoms with Crippen molar-refractivity contribution in [3.8, 4) is 0 Å². The fraction of sp³-hybridized carbons (Fsp3) is 0.143. The number of halogens is 1. The molecule has 2 heteroatoms. The SMILES string of the molecule is C=C/C=C(Cl)\C=C(/C)N. The van der Waals surface area contributed by atoms with Gasteiger partial charge in [-0.25, -0.2) is 0 Å². The fourth-order valence-electron chi connectivity index (χ4n) is 0.378. The minimum absolute atomic E-state index is 0.602. The van der Waals surface area contributed by atoms with E-state index < -0.39 is 0 Å². The summed E-state index contributed by atoms with van der Waals surface area (Å²) in [7, 11) is 0. The highest BCUT2D eigenvalue weighted by atomic mass is 35.5. The average Bonchev–Trinajstić information content (AvgIpc) is 1.63. The van der Waals surface area contributed by atoms with Crippen LogP contribution in [0.4, 0.5) is 0 Å². The van der Waals surface area contributed by atoms with Gasteiger partial charge in [0.25, 0.3) is 0 Å². The second kappa shape index (κ2) is 4.21. The molecule has 0 aliphatic rings. The third-order valence-corrected chi connectivity index (χ3v) is 0.878. The summed E-state index contributed by atoms with van der Waals surface area (Å²) in [6.45, 7) is 5.25. The van der Waals surface area contributed by atoms with Gasteiger partial charge in [0.2, 0.25) is 0 Å². The van der Waals surface area contributed by atoms with Gasteiger partial charge in [-0.1, -0.05) is 24.3 Å². The van der Waals surface area contributed by atoms with E-state index in [9.17, 15) is 0 Å². The van der Waals surface area contributed by atoms with Gasteiger partial charge in [0.05, 0.1) is 0 Å². The quantitative estimate of drug-likeness (QED) is 0.589. The first-order valence-electron chi connectivity index (χ1n) is 2.59. The number of nitrogens with two attached hydrogens (primary N) is 1. The van der Waals surface area contributed by atoms with Crippen LogP contribution in [0.15, 0.2) is 35.5 Å². The summed E-state index contributed by atoms with van der Waals surface area (Å²) in [5.74, 6) is 0. The molecule has 0 saturated carbocycles. The molecule has 0 bridgehead atoms. The van der Waals surface area contributed by atoms with Gasteiger partial charge in [0.1, 0.15) is 0 Å². The Balaban J connectivity index is 4.05. The Kier molecular flexibility index (Phi) is 3.89. The summed E-state index contributed by atoms with van der Waals surface area (Å²) in [6.07, 6.45) is 4.96. The summed E-state index contributed by atoms with van der Waals surface area (Å²) in [5.41, 5.74) is 6.02. The zero-order chi connectivity index (χ0) is 7.28. The summed E-state index contributed by atoms with van der Waals surface area (Å²) in [6, 6.07) is 0. The van der Waals surface area contributed by atoms with Crippen LogP contribution >= 0.6 is 11.6 Å². The monoisotopic (exact) mass is 143 g/mol. The van der Waals surface area contributed by atoms with Crippen LogP contribution in [0.3, 0.4) is 0 Å². The topological polar surface area (TPSA) is 26.0 Å². The predicted molar refractivity (Wildman–Crippen MR) is 42.1 cm³/mol. The Bertz CT molecular complexity index is 152. The third-order valence-electron chi connectivity index (χ3n) is 0.643. The molecule has 50 valence electrons.